The Labute approximate surface area is 191 Å². The number of nitrogens with one attached hydrogen (secondary N) is 1. The maximum absolute atomic E-state index is 13.8. The van der Waals surface area contributed by atoms with E-state index in [1.807, 2.05) is 13.0 Å². The van der Waals surface area contributed by atoms with E-state index in [0.717, 1.165) is 53.4 Å². The molecular weight excluding hydrogens is 425 g/mol. The summed E-state index contributed by atoms with van der Waals surface area (Å²) in [6, 6.07) is 6.76. The van der Waals surface area contributed by atoms with Crippen molar-refractivity contribution in [1.29, 1.82) is 0 Å². The molecule has 2 fully saturated rings. The van der Waals surface area contributed by atoms with Gasteiger partial charge in [0.15, 0.2) is 10.8 Å². The molecule has 3 aromatic rings. The molecule has 5 rings (SSSR count). The third-order valence-electron chi connectivity index (χ3n) is 6.69. The largest absolute Gasteiger partial charge is 0.353 e. The highest BCUT2D eigenvalue weighted by Gasteiger charge is 2.29. The van der Waals surface area contributed by atoms with E-state index in [2.05, 4.69) is 15.3 Å². The predicted molar refractivity (Wildman–Crippen MR) is 126 cm³/mol. The molecule has 2 aromatic heterocycles. The van der Waals surface area contributed by atoms with E-state index < -0.39 is 0 Å². The van der Waals surface area contributed by atoms with Crippen LogP contribution in [0.5, 0.6) is 0 Å². The van der Waals surface area contributed by atoms with Gasteiger partial charge in [0.05, 0.1) is 22.0 Å². The first kappa shape index (κ1) is 21.4. The van der Waals surface area contributed by atoms with Crippen molar-refractivity contribution >= 4 is 32.7 Å². The quantitative estimate of drug-likeness (QED) is 0.563. The van der Waals surface area contributed by atoms with Crippen molar-refractivity contribution in [2.75, 3.05) is 18.0 Å². The Morgan fingerprint density at radius 2 is 1.97 bits per heavy atom. The minimum Gasteiger partial charge on any atom is -0.353 e. The van der Waals surface area contributed by atoms with Gasteiger partial charge in [0, 0.05) is 19.1 Å². The van der Waals surface area contributed by atoms with Crippen LogP contribution < -0.4 is 10.2 Å². The summed E-state index contributed by atoms with van der Waals surface area (Å²) >= 11 is 1.61. The van der Waals surface area contributed by atoms with Gasteiger partial charge in [0.2, 0.25) is 5.91 Å². The van der Waals surface area contributed by atoms with Crippen LogP contribution >= 0.6 is 11.3 Å². The van der Waals surface area contributed by atoms with Crippen molar-refractivity contribution in [2.45, 2.75) is 64.3 Å². The van der Waals surface area contributed by atoms with E-state index in [-0.39, 0.29) is 17.6 Å². The zero-order valence-electron chi connectivity index (χ0n) is 18.5. The smallest absolute Gasteiger partial charge is 0.225 e. The topological polar surface area (TPSA) is 63.1 Å². The first-order valence-corrected chi connectivity index (χ1v) is 12.6. The van der Waals surface area contributed by atoms with Gasteiger partial charge in [-0.2, -0.15) is 10.1 Å². The van der Waals surface area contributed by atoms with Gasteiger partial charge in [-0.25, -0.2) is 9.07 Å². The second-order valence-corrected chi connectivity index (χ2v) is 10.1. The molecule has 6 nitrogen and oxygen atoms in total. The normalized spacial score (nSPS) is 20.4. The number of thiazole rings is 1. The number of hydrogen-bond acceptors (Lipinski definition) is 5. The molecule has 1 aliphatic heterocycles. The Bertz CT molecular complexity index is 1100. The second kappa shape index (κ2) is 9.17. The molecule has 1 aromatic carbocycles. The fourth-order valence-electron chi connectivity index (χ4n) is 4.95. The number of anilines is 1. The Morgan fingerprint density at radius 1 is 1.16 bits per heavy atom. The van der Waals surface area contributed by atoms with Gasteiger partial charge in [0.1, 0.15) is 5.82 Å². The SMILES string of the molecule is Cc1nn(-c2cccc(F)c2)c2nc(N3CCCC(C(=O)NC4CCCCCC4)C3)sc12. The van der Waals surface area contributed by atoms with E-state index in [4.69, 9.17) is 4.98 Å². The molecule has 0 bridgehead atoms. The zero-order chi connectivity index (χ0) is 22.1. The fourth-order valence-corrected chi connectivity index (χ4v) is 5.98. The number of piperidine rings is 1. The average molecular weight is 456 g/mol. The summed E-state index contributed by atoms with van der Waals surface area (Å²) in [6.45, 7) is 3.55. The molecule has 2 aliphatic rings. The minimum atomic E-state index is -0.294. The van der Waals surface area contributed by atoms with Crippen molar-refractivity contribution in [2.24, 2.45) is 5.92 Å². The highest BCUT2D eigenvalue weighted by Crippen LogP contribution is 2.34. The van der Waals surface area contributed by atoms with Crippen LogP contribution in [0.4, 0.5) is 9.52 Å². The van der Waals surface area contributed by atoms with E-state index in [0.29, 0.717) is 18.3 Å². The summed E-state index contributed by atoms with van der Waals surface area (Å²) in [5, 5.41) is 8.83. The molecule has 0 radical (unpaired) electrons. The van der Waals surface area contributed by atoms with Crippen molar-refractivity contribution in [3.8, 4) is 5.69 Å². The van der Waals surface area contributed by atoms with Gasteiger partial charge < -0.3 is 10.2 Å². The van der Waals surface area contributed by atoms with Gasteiger partial charge in [-0.05, 0) is 50.8 Å². The highest BCUT2D eigenvalue weighted by molar-refractivity contribution is 7.22. The third kappa shape index (κ3) is 4.37. The van der Waals surface area contributed by atoms with Crippen LogP contribution in [0.25, 0.3) is 16.0 Å². The molecule has 32 heavy (non-hydrogen) atoms. The number of aromatic nitrogens is 3. The van der Waals surface area contributed by atoms with E-state index in [1.165, 1.54) is 37.8 Å². The van der Waals surface area contributed by atoms with Crippen LogP contribution in [-0.4, -0.2) is 39.8 Å². The average Bonchev–Trinajstić information content (AvgIpc) is 3.25. The fraction of sp³-hybridized carbons (Fsp3) is 0.542. The summed E-state index contributed by atoms with van der Waals surface area (Å²) in [5.41, 5.74) is 2.30. The van der Waals surface area contributed by atoms with E-state index in [1.54, 1.807) is 22.1 Å². The molecule has 1 saturated heterocycles. The van der Waals surface area contributed by atoms with Crippen molar-refractivity contribution in [3.05, 3.63) is 35.8 Å². The number of carbonyl (C=O) groups is 1. The molecule has 1 saturated carbocycles. The molecule has 1 amide bonds. The lowest BCUT2D eigenvalue weighted by Crippen LogP contribution is -2.46. The van der Waals surface area contributed by atoms with Gasteiger partial charge in [0.25, 0.3) is 0 Å². The first-order valence-electron chi connectivity index (χ1n) is 11.8. The molecule has 0 spiro atoms. The van der Waals surface area contributed by atoms with Crippen LogP contribution in [0.2, 0.25) is 0 Å². The monoisotopic (exact) mass is 455 g/mol. The number of amides is 1. The summed E-state index contributed by atoms with van der Waals surface area (Å²) in [4.78, 5) is 20.1. The lowest BCUT2D eigenvalue weighted by Gasteiger charge is -2.32. The van der Waals surface area contributed by atoms with Gasteiger partial charge >= 0.3 is 0 Å². The maximum Gasteiger partial charge on any atom is 0.225 e. The molecule has 3 heterocycles. The number of benzene rings is 1. The Morgan fingerprint density at radius 3 is 2.75 bits per heavy atom. The van der Waals surface area contributed by atoms with Crippen LogP contribution in [0.15, 0.2) is 24.3 Å². The summed E-state index contributed by atoms with van der Waals surface area (Å²) in [7, 11) is 0. The number of halogens is 1. The van der Waals surface area contributed by atoms with Gasteiger partial charge in [-0.1, -0.05) is 43.1 Å². The first-order chi connectivity index (χ1) is 15.6. The molecule has 8 heteroatoms. The lowest BCUT2D eigenvalue weighted by atomic mass is 9.96. The lowest BCUT2D eigenvalue weighted by molar-refractivity contribution is -0.126. The second-order valence-electron chi connectivity index (χ2n) is 9.11. The standard InChI is InChI=1S/C24H30FN5OS/c1-16-21-22(30(28-16)20-12-6-9-18(25)14-20)27-24(32-21)29-13-7-8-17(15-29)23(31)26-19-10-4-2-3-5-11-19/h6,9,12,14,17,19H,2-5,7-8,10-11,13,15H2,1H3,(H,26,31). The highest BCUT2D eigenvalue weighted by atomic mass is 32.1. The number of fused-ring (bicyclic) bond motifs is 1. The van der Waals surface area contributed by atoms with Crippen molar-refractivity contribution in [1.82, 2.24) is 20.1 Å². The molecule has 1 aliphatic carbocycles. The van der Waals surface area contributed by atoms with E-state index >= 15 is 0 Å². The van der Waals surface area contributed by atoms with Gasteiger partial charge in [-0.3, -0.25) is 4.79 Å². The van der Waals surface area contributed by atoms with Crippen LogP contribution in [-0.2, 0) is 4.79 Å². The summed E-state index contributed by atoms with van der Waals surface area (Å²) < 4.78 is 16.5. The number of aryl methyl sites for hydroxylation is 1. The van der Waals surface area contributed by atoms with Gasteiger partial charge in [-0.15, -0.1) is 0 Å². The number of nitrogens with zero attached hydrogens (tertiary/aromatic N) is 4. The number of carbonyl (C=O) groups excluding carboxylic acids is 1. The van der Waals surface area contributed by atoms with Crippen LogP contribution in [0, 0.1) is 18.7 Å². The maximum atomic E-state index is 13.8. The summed E-state index contributed by atoms with van der Waals surface area (Å²) in [6.07, 6.45) is 9.13. The Balaban J connectivity index is 1.33. The minimum absolute atomic E-state index is 0.000157. The van der Waals surface area contributed by atoms with Crippen LogP contribution in [0.1, 0.15) is 57.1 Å². The van der Waals surface area contributed by atoms with Crippen molar-refractivity contribution < 1.29 is 9.18 Å². The molecular formula is C24H30FN5OS. The molecule has 1 N–H and O–H groups in total. The third-order valence-corrected chi connectivity index (χ3v) is 7.91. The molecule has 1 unspecified atom stereocenters. The molecule has 1 atom stereocenters. The van der Waals surface area contributed by atoms with Crippen molar-refractivity contribution in [3.63, 3.8) is 0 Å². The molecule has 170 valence electrons. The Hall–Kier alpha value is -2.48. The van der Waals surface area contributed by atoms with Crippen LogP contribution in [0.3, 0.4) is 0 Å². The summed E-state index contributed by atoms with van der Waals surface area (Å²) in [5.74, 6) is -0.0949. The Kier molecular flexibility index (Phi) is 6.13. The number of hydrogen-bond donors (Lipinski definition) is 1. The predicted octanol–water partition coefficient (Wildman–Crippen LogP) is 4.98. The zero-order valence-corrected chi connectivity index (χ0v) is 19.3. The van der Waals surface area contributed by atoms with E-state index in [9.17, 15) is 9.18 Å². The number of rotatable bonds is 4.